The lowest BCUT2D eigenvalue weighted by Gasteiger charge is -2.23. The highest BCUT2D eigenvalue weighted by molar-refractivity contribution is 5.91. The number of benzene rings is 1. The predicted octanol–water partition coefficient (Wildman–Crippen LogP) is 2.35. The molecule has 1 aromatic carbocycles. The molecule has 20 heavy (non-hydrogen) atoms. The summed E-state index contributed by atoms with van der Waals surface area (Å²) >= 11 is 0. The third-order valence-electron chi connectivity index (χ3n) is 3.47. The first-order valence-corrected chi connectivity index (χ1v) is 7.49. The van der Waals surface area contributed by atoms with Crippen molar-refractivity contribution in [2.45, 2.75) is 38.7 Å². The quantitative estimate of drug-likeness (QED) is 0.838. The number of rotatable bonds is 6. The molecule has 110 valence electrons. The molecule has 4 heteroatoms. The minimum absolute atomic E-state index is 0.00687. The minimum atomic E-state index is -0.00687. The molecule has 1 aromatic rings. The highest BCUT2D eigenvalue weighted by Gasteiger charge is 2.17. The molecule has 0 unspecified atom stereocenters. The monoisotopic (exact) mass is 276 g/mol. The number of unbranched alkanes of at least 4 members (excludes halogenated alkanes) is 1. The topological polar surface area (TPSA) is 50.4 Å². The lowest BCUT2D eigenvalue weighted by Crippen LogP contribution is -2.40. The highest BCUT2D eigenvalue weighted by Crippen LogP contribution is 2.13. The van der Waals surface area contributed by atoms with E-state index in [4.69, 9.17) is 4.74 Å². The van der Waals surface area contributed by atoms with Crippen molar-refractivity contribution in [1.82, 2.24) is 5.32 Å². The first-order valence-electron chi connectivity index (χ1n) is 7.49. The number of nitrogens with one attached hydrogen (secondary N) is 2. The van der Waals surface area contributed by atoms with Gasteiger partial charge in [-0.1, -0.05) is 25.5 Å². The van der Waals surface area contributed by atoms with E-state index in [0.717, 1.165) is 25.2 Å². The van der Waals surface area contributed by atoms with Crippen LogP contribution < -0.4 is 10.6 Å². The fraction of sp³-hybridized carbons (Fsp3) is 0.562. The fourth-order valence-electron chi connectivity index (χ4n) is 2.31. The lowest BCUT2D eigenvalue weighted by atomic mass is 10.1. The average molecular weight is 276 g/mol. The molecule has 1 heterocycles. The van der Waals surface area contributed by atoms with E-state index in [2.05, 4.69) is 29.7 Å². The van der Waals surface area contributed by atoms with Crippen LogP contribution in [0.3, 0.4) is 0 Å². The molecule has 1 saturated heterocycles. The van der Waals surface area contributed by atoms with Crippen LogP contribution in [0, 0.1) is 0 Å². The molecule has 1 aliphatic heterocycles. The van der Waals surface area contributed by atoms with Gasteiger partial charge in [0.05, 0.1) is 19.1 Å². The molecular formula is C16H24N2O2. The Morgan fingerprint density at radius 2 is 2.20 bits per heavy atom. The Labute approximate surface area is 120 Å². The zero-order valence-electron chi connectivity index (χ0n) is 12.2. The van der Waals surface area contributed by atoms with E-state index < -0.39 is 0 Å². The Morgan fingerprint density at radius 1 is 1.40 bits per heavy atom. The second-order valence-electron chi connectivity index (χ2n) is 5.25. The van der Waals surface area contributed by atoms with Gasteiger partial charge in [0.1, 0.15) is 0 Å². The number of hydrogen-bond acceptors (Lipinski definition) is 3. The van der Waals surface area contributed by atoms with Crippen LogP contribution in [0.1, 0.15) is 31.7 Å². The van der Waals surface area contributed by atoms with E-state index in [-0.39, 0.29) is 12.0 Å². The van der Waals surface area contributed by atoms with Crippen molar-refractivity contribution in [3.05, 3.63) is 29.8 Å². The van der Waals surface area contributed by atoms with E-state index in [1.807, 2.05) is 12.1 Å². The van der Waals surface area contributed by atoms with Crippen LogP contribution in [0.5, 0.6) is 0 Å². The molecule has 1 atom stereocenters. The SMILES string of the molecule is CCCCc1ccc(NC(=O)C[C@H]2CNCCO2)cc1. The minimum Gasteiger partial charge on any atom is -0.375 e. The van der Waals surface area contributed by atoms with E-state index in [1.54, 1.807) is 0 Å². The van der Waals surface area contributed by atoms with Gasteiger partial charge in [-0.3, -0.25) is 4.79 Å². The van der Waals surface area contributed by atoms with E-state index in [0.29, 0.717) is 13.0 Å². The maximum absolute atomic E-state index is 11.9. The van der Waals surface area contributed by atoms with Gasteiger partial charge in [0.25, 0.3) is 0 Å². The van der Waals surface area contributed by atoms with Crippen molar-refractivity contribution < 1.29 is 9.53 Å². The fourth-order valence-corrected chi connectivity index (χ4v) is 2.31. The third kappa shape index (κ3) is 4.94. The Balaban J connectivity index is 1.78. The molecule has 1 amide bonds. The summed E-state index contributed by atoms with van der Waals surface area (Å²) in [4.78, 5) is 11.9. The Bertz CT molecular complexity index is 411. The van der Waals surface area contributed by atoms with Gasteiger partial charge in [-0.25, -0.2) is 0 Å². The number of anilines is 1. The summed E-state index contributed by atoms with van der Waals surface area (Å²) in [5.41, 5.74) is 2.18. The number of hydrogen-bond donors (Lipinski definition) is 2. The number of ether oxygens (including phenoxy) is 1. The van der Waals surface area contributed by atoms with Crippen molar-refractivity contribution >= 4 is 11.6 Å². The summed E-state index contributed by atoms with van der Waals surface area (Å²) in [6.45, 7) is 4.50. The molecule has 1 aliphatic rings. The van der Waals surface area contributed by atoms with Crippen LogP contribution in [-0.4, -0.2) is 31.7 Å². The highest BCUT2D eigenvalue weighted by atomic mass is 16.5. The Morgan fingerprint density at radius 3 is 2.85 bits per heavy atom. The number of morpholine rings is 1. The zero-order chi connectivity index (χ0) is 14.2. The van der Waals surface area contributed by atoms with E-state index >= 15 is 0 Å². The predicted molar refractivity (Wildman–Crippen MR) is 80.9 cm³/mol. The maximum atomic E-state index is 11.9. The summed E-state index contributed by atoms with van der Waals surface area (Å²) in [6.07, 6.45) is 3.91. The zero-order valence-corrected chi connectivity index (χ0v) is 12.2. The van der Waals surface area contributed by atoms with Gasteiger partial charge >= 0.3 is 0 Å². The molecule has 0 radical (unpaired) electrons. The number of amides is 1. The molecule has 0 spiro atoms. The van der Waals surface area contributed by atoms with Crippen molar-refractivity contribution in [2.75, 3.05) is 25.0 Å². The number of carbonyl (C=O) groups excluding carboxylic acids is 1. The molecule has 0 bridgehead atoms. The normalized spacial score (nSPS) is 18.8. The van der Waals surface area contributed by atoms with Crippen molar-refractivity contribution in [1.29, 1.82) is 0 Å². The summed E-state index contributed by atoms with van der Waals surface area (Å²) in [6, 6.07) is 8.12. The largest absolute Gasteiger partial charge is 0.375 e. The summed E-state index contributed by atoms with van der Waals surface area (Å²) in [5, 5.41) is 6.15. The van der Waals surface area contributed by atoms with E-state index in [9.17, 15) is 4.79 Å². The second kappa shape index (κ2) is 8.02. The Kier molecular flexibility index (Phi) is 6.02. The van der Waals surface area contributed by atoms with Gasteiger partial charge in [-0.05, 0) is 30.5 Å². The molecule has 0 aliphatic carbocycles. The smallest absolute Gasteiger partial charge is 0.227 e. The van der Waals surface area contributed by atoms with Crippen molar-refractivity contribution in [3.8, 4) is 0 Å². The maximum Gasteiger partial charge on any atom is 0.227 e. The molecule has 0 aromatic heterocycles. The van der Waals surface area contributed by atoms with Crippen LogP contribution in [0.4, 0.5) is 5.69 Å². The van der Waals surface area contributed by atoms with Crippen molar-refractivity contribution in [3.63, 3.8) is 0 Å². The van der Waals surface area contributed by atoms with Gasteiger partial charge in [0.2, 0.25) is 5.91 Å². The number of carbonyl (C=O) groups is 1. The molecule has 2 N–H and O–H groups in total. The second-order valence-corrected chi connectivity index (χ2v) is 5.25. The van der Waals surface area contributed by atoms with Gasteiger partial charge in [-0.2, -0.15) is 0 Å². The van der Waals surface area contributed by atoms with Gasteiger partial charge in [0, 0.05) is 18.8 Å². The summed E-state index contributed by atoms with van der Waals surface area (Å²) in [5.74, 6) is 0.0139. The molecule has 0 saturated carbocycles. The van der Waals surface area contributed by atoms with Crippen LogP contribution in [0.2, 0.25) is 0 Å². The first-order chi connectivity index (χ1) is 9.78. The molecule has 4 nitrogen and oxygen atoms in total. The molecule has 1 fully saturated rings. The Hall–Kier alpha value is -1.39. The molecule has 2 rings (SSSR count). The third-order valence-corrected chi connectivity index (χ3v) is 3.47. The lowest BCUT2D eigenvalue weighted by molar-refractivity contribution is -0.119. The van der Waals surface area contributed by atoms with Gasteiger partial charge in [-0.15, -0.1) is 0 Å². The standard InChI is InChI=1S/C16H24N2O2/c1-2-3-4-13-5-7-14(8-6-13)18-16(19)11-15-12-17-9-10-20-15/h5-8,15,17H,2-4,9-12H2,1H3,(H,18,19)/t15-/m0/s1. The van der Waals surface area contributed by atoms with E-state index in [1.165, 1.54) is 18.4 Å². The molecular weight excluding hydrogens is 252 g/mol. The van der Waals surface area contributed by atoms with Gasteiger partial charge in [0.15, 0.2) is 0 Å². The first kappa shape index (κ1) is 15.0. The number of aryl methyl sites for hydroxylation is 1. The summed E-state index contributed by atoms with van der Waals surface area (Å²) in [7, 11) is 0. The van der Waals surface area contributed by atoms with Crippen LogP contribution in [0.15, 0.2) is 24.3 Å². The van der Waals surface area contributed by atoms with Crippen LogP contribution in [-0.2, 0) is 16.0 Å². The summed E-state index contributed by atoms with van der Waals surface area (Å²) < 4.78 is 5.53. The van der Waals surface area contributed by atoms with Crippen LogP contribution in [0.25, 0.3) is 0 Å². The average Bonchev–Trinajstić information content (AvgIpc) is 2.47. The van der Waals surface area contributed by atoms with Gasteiger partial charge < -0.3 is 15.4 Å². The van der Waals surface area contributed by atoms with Crippen molar-refractivity contribution in [2.24, 2.45) is 0 Å². The van der Waals surface area contributed by atoms with Crippen LogP contribution >= 0.6 is 0 Å².